The van der Waals surface area contributed by atoms with Crippen LogP contribution in [0.25, 0.3) is 0 Å². The van der Waals surface area contributed by atoms with Gasteiger partial charge in [0.1, 0.15) is 11.5 Å². The summed E-state index contributed by atoms with van der Waals surface area (Å²) in [5, 5.41) is 0.731. The normalized spacial score (nSPS) is 18.2. The van der Waals surface area contributed by atoms with E-state index < -0.39 is 0 Å². The molecule has 26 heavy (non-hydrogen) atoms. The lowest BCUT2D eigenvalue weighted by atomic mass is 10.1. The molecule has 0 unspecified atom stereocenters. The van der Waals surface area contributed by atoms with E-state index in [1.165, 1.54) is 0 Å². The molecule has 1 fully saturated rings. The lowest BCUT2D eigenvalue weighted by molar-refractivity contribution is 0.0819. The van der Waals surface area contributed by atoms with E-state index >= 15 is 0 Å². The Morgan fingerprint density at radius 3 is 2.54 bits per heavy atom. The van der Waals surface area contributed by atoms with Crippen LogP contribution in [0.2, 0.25) is 0 Å². The fourth-order valence-electron chi connectivity index (χ4n) is 2.77. The number of benzene rings is 2. The third-order valence-corrected chi connectivity index (χ3v) is 5.38. The van der Waals surface area contributed by atoms with Gasteiger partial charge < -0.3 is 9.47 Å². The Balaban J connectivity index is 1.91. The molecule has 3 rings (SSSR count). The summed E-state index contributed by atoms with van der Waals surface area (Å²) >= 11 is 1.61. The molecule has 0 spiro atoms. The molecule has 1 amide bonds. The molecular weight excluding hydrogens is 348 g/mol. The van der Waals surface area contributed by atoms with Crippen molar-refractivity contribution in [3.8, 4) is 11.5 Å². The first-order valence-electron chi connectivity index (χ1n) is 8.49. The molecule has 2 aromatic rings. The maximum absolute atomic E-state index is 13.1. The summed E-state index contributed by atoms with van der Waals surface area (Å²) < 4.78 is 10.4. The Labute approximate surface area is 158 Å². The second kappa shape index (κ2) is 8.27. The molecule has 1 aliphatic rings. The second-order valence-corrected chi connectivity index (χ2v) is 6.86. The number of amidine groups is 1. The summed E-state index contributed by atoms with van der Waals surface area (Å²) in [6.45, 7) is 2.09. The van der Waals surface area contributed by atoms with E-state index in [1.807, 2.05) is 47.4 Å². The number of aliphatic imine (C=N–C) groups is 1. The van der Waals surface area contributed by atoms with Crippen LogP contribution < -0.4 is 9.47 Å². The van der Waals surface area contributed by atoms with Gasteiger partial charge >= 0.3 is 0 Å². The average Bonchev–Trinajstić information content (AvgIpc) is 3.10. The van der Waals surface area contributed by atoms with Crippen LogP contribution in [0.3, 0.4) is 0 Å². The van der Waals surface area contributed by atoms with E-state index in [2.05, 4.69) is 6.92 Å². The van der Waals surface area contributed by atoms with Crippen molar-refractivity contribution in [2.45, 2.75) is 19.4 Å². The summed E-state index contributed by atoms with van der Waals surface area (Å²) in [6.07, 6.45) is 0.879. The Hall–Kier alpha value is -2.47. The van der Waals surface area contributed by atoms with Crippen LogP contribution in [0.5, 0.6) is 11.5 Å². The lowest BCUT2D eigenvalue weighted by Gasteiger charge is -2.23. The van der Waals surface area contributed by atoms with Gasteiger partial charge in [0.2, 0.25) is 0 Å². The molecule has 0 aliphatic carbocycles. The van der Waals surface area contributed by atoms with E-state index in [4.69, 9.17) is 14.5 Å². The van der Waals surface area contributed by atoms with Crippen molar-refractivity contribution in [2.75, 3.05) is 20.0 Å². The van der Waals surface area contributed by atoms with E-state index in [9.17, 15) is 4.79 Å². The number of methoxy groups -OCH3 is 2. The van der Waals surface area contributed by atoms with Crippen LogP contribution in [0, 0.1) is 0 Å². The summed E-state index contributed by atoms with van der Waals surface area (Å²) in [4.78, 5) is 19.7. The van der Waals surface area contributed by atoms with Gasteiger partial charge in [0.15, 0.2) is 5.17 Å². The summed E-state index contributed by atoms with van der Waals surface area (Å²) in [5.41, 5.74) is 1.40. The first kappa shape index (κ1) is 18.3. The molecule has 0 radical (unpaired) electrons. The second-order valence-electron chi connectivity index (χ2n) is 5.87. The number of hydrogen-bond acceptors (Lipinski definition) is 5. The number of thioether (sulfide) groups is 1. The lowest BCUT2D eigenvalue weighted by Crippen LogP contribution is -2.39. The van der Waals surface area contributed by atoms with Crippen molar-refractivity contribution in [2.24, 2.45) is 4.99 Å². The number of hydrogen-bond donors (Lipinski definition) is 0. The molecular formula is C20H22N2O3S. The first-order valence-corrected chi connectivity index (χ1v) is 9.48. The number of ether oxygens (including phenoxy) is 2. The van der Waals surface area contributed by atoms with Gasteiger partial charge in [0.05, 0.1) is 19.9 Å². The first-order chi connectivity index (χ1) is 12.7. The molecule has 0 bridgehead atoms. The molecule has 1 atom stereocenters. The third kappa shape index (κ3) is 3.85. The summed E-state index contributed by atoms with van der Waals surface area (Å²) in [7, 11) is 3.23. The van der Waals surface area contributed by atoms with Gasteiger partial charge in [0, 0.05) is 17.4 Å². The molecule has 0 N–H and O–H groups in total. The molecule has 136 valence electrons. The van der Waals surface area contributed by atoms with Crippen LogP contribution in [-0.2, 0) is 0 Å². The van der Waals surface area contributed by atoms with Crippen LogP contribution in [0.1, 0.15) is 23.7 Å². The van der Waals surface area contributed by atoms with Gasteiger partial charge in [0.25, 0.3) is 5.91 Å². The minimum absolute atomic E-state index is 0.0481. The molecule has 6 heteroatoms. The van der Waals surface area contributed by atoms with E-state index in [0.717, 1.165) is 28.8 Å². The van der Waals surface area contributed by atoms with Gasteiger partial charge in [-0.2, -0.15) is 0 Å². The minimum atomic E-state index is -0.0481. The Bertz CT molecular complexity index is 805. The van der Waals surface area contributed by atoms with E-state index in [1.54, 1.807) is 32.0 Å². The average molecular weight is 370 g/mol. The standard InChI is InChI=1S/C20H22N2O3S/c1-4-16-13-26-20(21-15-8-10-17(24-2)11-9-15)22(16)19(23)14-6-5-7-18(12-14)25-3/h5-12,16H,4,13H2,1-3H3/t16-/m1/s1. The SMILES string of the molecule is CC[C@@H]1CSC(=Nc2ccc(OC)cc2)N1C(=O)c1cccc(OC)c1. The van der Waals surface area contributed by atoms with Gasteiger partial charge in [-0.15, -0.1) is 0 Å². The van der Waals surface area contributed by atoms with Gasteiger partial charge in [-0.25, -0.2) is 4.99 Å². The molecule has 2 aromatic carbocycles. The molecule has 1 heterocycles. The number of amides is 1. The van der Waals surface area contributed by atoms with E-state index in [0.29, 0.717) is 11.3 Å². The monoisotopic (exact) mass is 370 g/mol. The van der Waals surface area contributed by atoms with Crippen LogP contribution >= 0.6 is 11.8 Å². The topological polar surface area (TPSA) is 51.1 Å². The highest BCUT2D eigenvalue weighted by Crippen LogP contribution is 2.31. The molecule has 1 aliphatic heterocycles. The van der Waals surface area contributed by atoms with Crippen molar-refractivity contribution in [3.63, 3.8) is 0 Å². The fourth-order valence-corrected chi connectivity index (χ4v) is 4.04. The molecule has 1 saturated heterocycles. The summed E-state index contributed by atoms with van der Waals surface area (Å²) in [5.74, 6) is 2.25. The number of carbonyl (C=O) groups is 1. The predicted molar refractivity (Wildman–Crippen MR) is 106 cm³/mol. The maximum atomic E-state index is 13.1. The zero-order chi connectivity index (χ0) is 18.5. The Morgan fingerprint density at radius 2 is 1.88 bits per heavy atom. The van der Waals surface area contributed by atoms with Crippen LogP contribution in [0.15, 0.2) is 53.5 Å². The van der Waals surface area contributed by atoms with Gasteiger partial charge in [-0.05, 0) is 48.9 Å². The van der Waals surface area contributed by atoms with E-state index in [-0.39, 0.29) is 11.9 Å². The fraction of sp³-hybridized carbons (Fsp3) is 0.300. The molecule has 0 aromatic heterocycles. The molecule has 5 nitrogen and oxygen atoms in total. The maximum Gasteiger partial charge on any atom is 0.260 e. The van der Waals surface area contributed by atoms with Crippen LogP contribution in [0.4, 0.5) is 5.69 Å². The number of nitrogens with zero attached hydrogens (tertiary/aromatic N) is 2. The quantitative estimate of drug-likeness (QED) is 0.785. The van der Waals surface area contributed by atoms with Crippen molar-refractivity contribution in [3.05, 3.63) is 54.1 Å². The van der Waals surface area contributed by atoms with Crippen molar-refractivity contribution in [1.29, 1.82) is 0 Å². The largest absolute Gasteiger partial charge is 0.497 e. The third-order valence-electron chi connectivity index (χ3n) is 4.28. The van der Waals surface area contributed by atoms with Crippen molar-refractivity contribution < 1.29 is 14.3 Å². The highest BCUT2D eigenvalue weighted by molar-refractivity contribution is 8.14. The minimum Gasteiger partial charge on any atom is -0.497 e. The van der Waals surface area contributed by atoms with Gasteiger partial charge in [-0.1, -0.05) is 24.8 Å². The number of rotatable bonds is 5. The van der Waals surface area contributed by atoms with Crippen LogP contribution in [-0.4, -0.2) is 42.0 Å². The van der Waals surface area contributed by atoms with Gasteiger partial charge in [-0.3, -0.25) is 9.69 Å². The van der Waals surface area contributed by atoms with Crippen molar-refractivity contribution >= 4 is 28.5 Å². The summed E-state index contributed by atoms with van der Waals surface area (Å²) in [6, 6.07) is 14.9. The Morgan fingerprint density at radius 1 is 1.15 bits per heavy atom. The molecule has 0 saturated carbocycles. The highest BCUT2D eigenvalue weighted by atomic mass is 32.2. The highest BCUT2D eigenvalue weighted by Gasteiger charge is 2.34. The van der Waals surface area contributed by atoms with Crippen molar-refractivity contribution in [1.82, 2.24) is 4.90 Å². The Kier molecular flexibility index (Phi) is 5.83. The zero-order valence-electron chi connectivity index (χ0n) is 15.1. The predicted octanol–water partition coefficient (Wildman–Crippen LogP) is 4.36. The smallest absolute Gasteiger partial charge is 0.260 e. The zero-order valence-corrected chi connectivity index (χ0v) is 16.0. The number of carbonyl (C=O) groups excluding carboxylic acids is 1.